The molecule has 0 unspecified atom stereocenters. The standard InChI is InChI=1S/C11H18N2O2S/c1-13(9-10-5-3-8-15-10)11(16)12-6-4-7-14-2/h3,5,8H,4,6-7,9H2,1-2H3,(H,12,16). The first-order valence-corrected chi connectivity index (χ1v) is 5.65. The topological polar surface area (TPSA) is 37.6 Å². The smallest absolute Gasteiger partial charge is 0.169 e. The summed E-state index contributed by atoms with van der Waals surface area (Å²) in [4.78, 5) is 1.95. The van der Waals surface area contributed by atoms with Crippen molar-refractivity contribution in [2.24, 2.45) is 0 Å². The molecular weight excluding hydrogens is 224 g/mol. The van der Waals surface area contributed by atoms with Crippen molar-refractivity contribution in [3.63, 3.8) is 0 Å². The first-order chi connectivity index (χ1) is 7.74. The van der Waals surface area contributed by atoms with Crippen LogP contribution in [0.3, 0.4) is 0 Å². The highest BCUT2D eigenvalue weighted by molar-refractivity contribution is 7.80. The van der Waals surface area contributed by atoms with E-state index in [-0.39, 0.29) is 0 Å². The van der Waals surface area contributed by atoms with E-state index in [0.717, 1.165) is 30.4 Å². The van der Waals surface area contributed by atoms with Gasteiger partial charge in [0.1, 0.15) is 5.76 Å². The van der Waals surface area contributed by atoms with E-state index in [2.05, 4.69) is 5.32 Å². The van der Waals surface area contributed by atoms with Gasteiger partial charge < -0.3 is 19.4 Å². The predicted octanol–water partition coefficient (Wildman–Crippen LogP) is 1.62. The number of rotatable bonds is 6. The molecule has 0 radical (unpaired) electrons. The zero-order valence-corrected chi connectivity index (χ0v) is 10.5. The van der Waals surface area contributed by atoms with Gasteiger partial charge in [-0.2, -0.15) is 0 Å². The zero-order valence-electron chi connectivity index (χ0n) is 9.73. The Hall–Kier alpha value is -1.07. The molecule has 0 spiro atoms. The van der Waals surface area contributed by atoms with Gasteiger partial charge in [-0.3, -0.25) is 0 Å². The van der Waals surface area contributed by atoms with Crippen LogP contribution in [0.1, 0.15) is 12.2 Å². The summed E-state index contributed by atoms with van der Waals surface area (Å²) in [7, 11) is 3.63. The Balaban J connectivity index is 2.20. The summed E-state index contributed by atoms with van der Waals surface area (Å²) in [5, 5.41) is 3.89. The van der Waals surface area contributed by atoms with Crippen molar-refractivity contribution >= 4 is 17.3 Å². The molecule has 16 heavy (non-hydrogen) atoms. The number of hydrogen-bond acceptors (Lipinski definition) is 3. The van der Waals surface area contributed by atoms with E-state index in [1.165, 1.54) is 0 Å². The summed E-state index contributed by atoms with van der Waals surface area (Å²) >= 11 is 5.23. The van der Waals surface area contributed by atoms with Gasteiger partial charge in [-0.15, -0.1) is 0 Å². The van der Waals surface area contributed by atoms with E-state index >= 15 is 0 Å². The van der Waals surface area contributed by atoms with Crippen LogP contribution in [0, 0.1) is 0 Å². The fourth-order valence-electron chi connectivity index (χ4n) is 1.25. The quantitative estimate of drug-likeness (QED) is 0.606. The number of nitrogens with zero attached hydrogens (tertiary/aromatic N) is 1. The molecule has 0 amide bonds. The van der Waals surface area contributed by atoms with Gasteiger partial charge in [0.05, 0.1) is 12.8 Å². The molecule has 0 fully saturated rings. The number of ether oxygens (including phenoxy) is 1. The van der Waals surface area contributed by atoms with Crippen molar-refractivity contribution in [1.29, 1.82) is 0 Å². The fourth-order valence-corrected chi connectivity index (χ4v) is 1.42. The van der Waals surface area contributed by atoms with Crippen LogP contribution in [0.4, 0.5) is 0 Å². The molecule has 5 heteroatoms. The number of thiocarbonyl (C=S) groups is 1. The van der Waals surface area contributed by atoms with Gasteiger partial charge in [0.25, 0.3) is 0 Å². The Morgan fingerprint density at radius 1 is 1.62 bits per heavy atom. The monoisotopic (exact) mass is 242 g/mol. The van der Waals surface area contributed by atoms with E-state index in [4.69, 9.17) is 21.4 Å². The molecule has 0 saturated heterocycles. The molecule has 4 nitrogen and oxygen atoms in total. The van der Waals surface area contributed by atoms with Gasteiger partial charge in [0.15, 0.2) is 5.11 Å². The van der Waals surface area contributed by atoms with Crippen LogP contribution in [-0.4, -0.2) is 37.3 Å². The van der Waals surface area contributed by atoms with E-state index in [0.29, 0.717) is 6.54 Å². The van der Waals surface area contributed by atoms with Gasteiger partial charge in [-0.1, -0.05) is 0 Å². The van der Waals surface area contributed by atoms with Gasteiger partial charge in [-0.05, 0) is 30.8 Å². The van der Waals surface area contributed by atoms with Gasteiger partial charge in [-0.25, -0.2) is 0 Å². The summed E-state index contributed by atoms with van der Waals surface area (Å²) < 4.78 is 10.2. The maximum absolute atomic E-state index is 5.25. The lowest BCUT2D eigenvalue weighted by atomic mass is 10.4. The Morgan fingerprint density at radius 3 is 3.06 bits per heavy atom. The third-order valence-corrected chi connectivity index (χ3v) is 2.58. The summed E-state index contributed by atoms with van der Waals surface area (Å²) in [5.74, 6) is 0.906. The minimum Gasteiger partial charge on any atom is -0.467 e. The second kappa shape index (κ2) is 7.24. The highest BCUT2D eigenvalue weighted by atomic mass is 32.1. The number of furan rings is 1. The van der Waals surface area contributed by atoms with E-state index < -0.39 is 0 Å². The molecule has 0 aliphatic carbocycles. The average Bonchev–Trinajstić information content (AvgIpc) is 2.76. The Kier molecular flexibility index (Phi) is 5.88. The summed E-state index contributed by atoms with van der Waals surface area (Å²) in [6.45, 7) is 2.26. The number of hydrogen-bond donors (Lipinski definition) is 1. The van der Waals surface area contributed by atoms with Crippen LogP contribution < -0.4 is 5.32 Å². The van der Waals surface area contributed by atoms with Crippen molar-refractivity contribution in [1.82, 2.24) is 10.2 Å². The Morgan fingerprint density at radius 2 is 2.44 bits per heavy atom. The van der Waals surface area contributed by atoms with Gasteiger partial charge >= 0.3 is 0 Å². The van der Waals surface area contributed by atoms with Gasteiger partial charge in [0.2, 0.25) is 0 Å². The highest BCUT2D eigenvalue weighted by Crippen LogP contribution is 2.03. The molecule has 1 aromatic heterocycles. The predicted molar refractivity (Wildman–Crippen MR) is 67.3 cm³/mol. The molecule has 0 aliphatic rings. The van der Waals surface area contributed by atoms with Crippen LogP contribution in [0.2, 0.25) is 0 Å². The second-order valence-electron chi connectivity index (χ2n) is 3.51. The molecule has 0 aliphatic heterocycles. The highest BCUT2D eigenvalue weighted by Gasteiger charge is 2.05. The fraction of sp³-hybridized carbons (Fsp3) is 0.545. The van der Waals surface area contributed by atoms with Crippen molar-refractivity contribution in [3.05, 3.63) is 24.2 Å². The van der Waals surface area contributed by atoms with Crippen molar-refractivity contribution < 1.29 is 9.15 Å². The summed E-state index contributed by atoms with van der Waals surface area (Å²) in [6, 6.07) is 3.81. The minimum absolute atomic E-state index is 0.684. The van der Waals surface area contributed by atoms with Crippen molar-refractivity contribution in [2.45, 2.75) is 13.0 Å². The lowest BCUT2D eigenvalue weighted by molar-refractivity contribution is 0.195. The molecule has 1 heterocycles. The van der Waals surface area contributed by atoms with Crippen LogP contribution >= 0.6 is 12.2 Å². The lowest BCUT2D eigenvalue weighted by Crippen LogP contribution is -2.37. The third-order valence-electron chi connectivity index (χ3n) is 2.12. The molecule has 0 saturated carbocycles. The first-order valence-electron chi connectivity index (χ1n) is 5.24. The maximum atomic E-state index is 5.25. The second-order valence-corrected chi connectivity index (χ2v) is 3.90. The van der Waals surface area contributed by atoms with Crippen LogP contribution in [0.25, 0.3) is 0 Å². The number of methoxy groups -OCH3 is 1. The normalized spacial score (nSPS) is 10.1. The molecule has 0 bridgehead atoms. The molecule has 90 valence electrons. The van der Waals surface area contributed by atoms with Crippen molar-refractivity contribution in [2.75, 3.05) is 27.3 Å². The summed E-state index contributed by atoms with van der Waals surface area (Å²) in [6.07, 6.45) is 2.61. The van der Waals surface area contributed by atoms with Crippen LogP contribution in [-0.2, 0) is 11.3 Å². The molecule has 1 rings (SSSR count). The zero-order chi connectivity index (χ0) is 11.8. The molecule has 1 N–H and O–H groups in total. The summed E-state index contributed by atoms with van der Waals surface area (Å²) in [5.41, 5.74) is 0. The molecule has 0 atom stereocenters. The van der Waals surface area contributed by atoms with Gasteiger partial charge in [0, 0.05) is 27.3 Å². The van der Waals surface area contributed by atoms with E-state index in [1.54, 1.807) is 13.4 Å². The average molecular weight is 242 g/mol. The van der Waals surface area contributed by atoms with Crippen LogP contribution in [0.5, 0.6) is 0 Å². The number of nitrogens with one attached hydrogen (secondary N) is 1. The first kappa shape index (κ1) is 13.0. The largest absolute Gasteiger partial charge is 0.467 e. The maximum Gasteiger partial charge on any atom is 0.169 e. The lowest BCUT2D eigenvalue weighted by Gasteiger charge is -2.19. The molecule has 1 aromatic rings. The Labute approximate surface area is 102 Å². The van der Waals surface area contributed by atoms with E-state index in [1.807, 2.05) is 24.1 Å². The molecular formula is C11H18N2O2S. The third kappa shape index (κ3) is 4.63. The minimum atomic E-state index is 0.684. The Bertz CT molecular complexity index is 301. The SMILES string of the molecule is COCCCNC(=S)N(C)Cc1ccco1. The molecule has 0 aromatic carbocycles. The van der Waals surface area contributed by atoms with Crippen molar-refractivity contribution in [3.8, 4) is 0 Å². The van der Waals surface area contributed by atoms with E-state index in [9.17, 15) is 0 Å². The van der Waals surface area contributed by atoms with Crippen LogP contribution in [0.15, 0.2) is 22.8 Å².